The molecule has 1 fully saturated rings. The van der Waals surface area contributed by atoms with E-state index < -0.39 is 49.3 Å². The van der Waals surface area contributed by atoms with Crippen LogP contribution in [0.3, 0.4) is 0 Å². The molecule has 1 unspecified atom stereocenters. The number of alkyl halides is 4. The third-order valence-electron chi connectivity index (χ3n) is 5.61. The van der Waals surface area contributed by atoms with Crippen LogP contribution in [-0.4, -0.2) is 73.2 Å². The fourth-order valence-electron chi connectivity index (χ4n) is 4.15. The van der Waals surface area contributed by atoms with Gasteiger partial charge in [0.05, 0.1) is 40.6 Å². The number of hydrogen-bond donors (Lipinski definition) is 2. The highest BCUT2D eigenvalue weighted by Gasteiger charge is 2.46. The lowest BCUT2D eigenvalue weighted by Gasteiger charge is -2.42. The topological polar surface area (TPSA) is 121 Å². The van der Waals surface area contributed by atoms with Gasteiger partial charge in [0, 0.05) is 6.42 Å². The predicted molar refractivity (Wildman–Crippen MR) is 117 cm³/mol. The molecule has 0 aliphatic carbocycles. The average Bonchev–Trinajstić information content (AvgIpc) is 3.40. The van der Waals surface area contributed by atoms with Crippen LogP contribution in [0.2, 0.25) is 0 Å². The van der Waals surface area contributed by atoms with Crippen molar-refractivity contribution in [2.45, 2.75) is 57.1 Å². The molecular weight excluding hydrogens is 494 g/mol. The van der Waals surface area contributed by atoms with E-state index in [4.69, 9.17) is 4.74 Å². The normalized spacial score (nSPS) is 24.4. The minimum atomic E-state index is -4.84. The maximum absolute atomic E-state index is 14.3. The Hall–Kier alpha value is -2.75. The molecule has 2 N–H and O–H groups in total. The van der Waals surface area contributed by atoms with E-state index in [0.29, 0.717) is 10.2 Å². The zero-order chi connectivity index (χ0) is 25.5. The maximum atomic E-state index is 14.3. The highest BCUT2D eigenvalue weighted by molar-refractivity contribution is 7.18. The monoisotopic (exact) mass is 517 g/mol. The molecule has 10 nitrogen and oxygen atoms in total. The highest BCUT2D eigenvalue weighted by atomic mass is 32.1. The van der Waals surface area contributed by atoms with Crippen molar-refractivity contribution in [3.63, 3.8) is 0 Å². The van der Waals surface area contributed by atoms with Gasteiger partial charge < -0.3 is 14.9 Å². The second kappa shape index (κ2) is 9.72. The van der Waals surface area contributed by atoms with Crippen LogP contribution in [-0.2, 0) is 10.9 Å². The van der Waals surface area contributed by atoms with E-state index in [1.165, 1.54) is 31.4 Å². The van der Waals surface area contributed by atoms with Gasteiger partial charge in [-0.3, -0.25) is 4.57 Å². The number of aliphatic hydroxyl groups excluding tert-OH is 2. The summed E-state index contributed by atoms with van der Waals surface area (Å²) in [5.41, 5.74) is 0.763. The summed E-state index contributed by atoms with van der Waals surface area (Å²) >= 11 is 1.32. The fraction of sp³-hybridized carbons (Fsp3) is 0.550. The summed E-state index contributed by atoms with van der Waals surface area (Å²) in [5, 5.41) is 36.5. The lowest BCUT2D eigenvalue weighted by molar-refractivity contribution is -0.181. The number of thiazole rings is 1. The standard InChI is InChI=1S/C20H23F4N7O3S/c1-9(21)31(29-25-3)13-7-14(34-15(8-32)17(13)33)18-27-28-19(20(22,23)24)30(18)11-4-5-12-16(6-11)35-10(2)26-12/h4-6,9,13-15,17,32-33H,7-8H2,1-3H3/t9?,13-,14-,15-,17-/m1/s1. The summed E-state index contributed by atoms with van der Waals surface area (Å²) < 4.78 is 63.2. The first-order valence-corrected chi connectivity index (χ1v) is 11.4. The largest absolute Gasteiger partial charge is 0.452 e. The zero-order valence-electron chi connectivity index (χ0n) is 18.9. The van der Waals surface area contributed by atoms with E-state index in [-0.39, 0.29) is 17.9 Å². The Morgan fingerprint density at radius 1 is 1.34 bits per heavy atom. The second-order valence-electron chi connectivity index (χ2n) is 7.98. The Morgan fingerprint density at radius 3 is 2.71 bits per heavy atom. The van der Waals surface area contributed by atoms with Gasteiger partial charge in [0.25, 0.3) is 0 Å². The van der Waals surface area contributed by atoms with Crippen LogP contribution < -0.4 is 0 Å². The summed E-state index contributed by atoms with van der Waals surface area (Å²) in [6.07, 6.45) is -10.5. The van der Waals surface area contributed by atoms with Crippen molar-refractivity contribution in [1.82, 2.24) is 24.8 Å². The molecule has 1 aliphatic heterocycles. The van der Waals surface area contributed by atoms with Crippen molar-refractivity contribution >= 4 is 21.6 Å². The third kappa shape index (κ3) is 4.85. The van der Waals surface area contributed by atoms with E-state index in [2.05, 4.69) is 25.5 Å². The van der Waals surface area contributed by atoms with Gasteiger partial charge in [0.2, 0.25) is 5.82 Å². The first kappa shape index (κ1) is 25.3. The van der Waals surface area contributed by atoms with Gasteiger partial charge in [-0.2, -0.15) is 18.3 Å². The average molecular weight is 518 g/mol. The molecule has 1 aromatic carbocycles. The number of fused-ring (bicyclic) bond motifs is 1. The van der Waals surface area contributed by atoms with Gasteiger partial charge in [-0.05, 0) is 32.0 Å². The molecule has 1 saturated heterocycles. The number of halogens is 4. The van der Waals surface area contributed by atoms with Crippen LogP contribution in [0.1, 0.15) is 36.1 Å². The molecule has 190 valence electrons. The summed E-state index contributed by atoms with van der Waals surface area (Å²) in [5.74, 6) is -1.49. The smallest absolute Gasteiger partial charge is 0.394 e. The number of aliphatic hydroxyl groups is 2. The number of hydrogen-bond acceptors (Lipinski definition) is 9. The molecular formula is C20H23F4N7O3S. The van der Waals surface area contributed by atoms with Crippen molar-refractivity contribution < 1.29 is 32.5 Å². The van der Waals surface area contributed by atoms with Crippen LogP contribution in [0, 0.1) is 6.92 Å². The summed E-state index contributed by atoms with van der Waals surface area (Å²) in [6, 6.07) is 3.53. The molecule has 0 radical (unpaired) electrons. The van der Waals surface area contributed by atoms with Gasteiger partial charge in [0.1, 0.15) is 18.3 Å². The lowest BCUT2D eigenvalue weighted by atomic mass is 9.94. The van der Waals surface area contributed by atoms with Gasteiger partial charge in [-0.1, -0.05) is 5.22 Å². The molecule has 35 heavy (non-hydrogen) atoms. The molecule has 4 rings (SSSR count). The number of aryl methyl sites for hydroxylation is 1. The Balaban J connectivity index is 1.83. The number of rotatable bonds is 6. The molecule has 15 heteroatoms. The van der Waals surface area contributed by atoms with Crippen molar-refractivity contribution in [2.75, 3.05) is 13.7 Å². The van der Waals surface area contributed by atoms with Crippen LogP contribution in [0.25, 0.3) is 15.9 Å². The van der Waals surface area contributed by atoms with E-state index in [0.717, 1.165) is 14.6 Å². The quantitative estimate of drug-likeness (QED) is 0.223. The van der Waals surface area contributed by atoms with Crippen LogP contribution in [0.4, 0.5) is 17.6 Å². The number of nitrogens with zero attached hydrogens (tertiary/aromatic N) is 7. The number of aromatic nitrogens is 4. The van der Waals surface area contributed by atoms with Gasteiger partial charge in [0.15, 0.2) is 12.1 Å². The first-order valence-electron chi connectivity index (χ1n) is 10.6. The van der Waals surface area contributed by atoms with Crippen LogP contribution in [0.15, 0.2) is 28.5 Å². The Bertz CT molecular complexity index is 1220. The Kier molecular flexibility index (Phi) is 7.04. The molecule has 1 aliphatic rings. The molecule has 3 aromatic rings. The first-order chi connectivity index (χ1) is 16.5. The Labute approximate surface area is 200 Å². The van der Waals surface area contributed by atoms with Crippen molar-refractivity contribution in [1.29, 1.82) is 0 Å². The van der Waals surface area contributed by atoms with Gasteiger partial charge >= 0.3 is 6.18 Å². The minimum Gasteiger partial charge on any atom is -0.394 e. The zero-order valence-corrected chi connectivity index (χ0v) is 19.7. The van der Waals surface area contributed by atoms with Gasteiger partial charge in [-0.15, -0.1) is 21.5 Å². The molecule has 0 bridgehead atoms. The molecule has 5 atom stereocenters. The SMILES string of the molecule is CN=NN(C(C)F)[C@@H]1C[C@H](c2nnc(C(F)(F)F)n2-c2ccc3nc(C)sc3c2)O[C@H](CO)[C@@H]1O. The maximum Gasteiger partial charge on any atom is 0.452 e. The van der Waals surface area contributed by atoms with Gasteiger partial charge in [-0.25, -0.2) is 14.4 Å². The second-order valence-corrected chi connectivity index (χ2v) is 9.22. The number of benzene rings is 1. The summed E-state index contributed by atoms with van der Waals surface area (Å²) in [7, 11) is 1.31. The molecule has 0 saturated carbocycles. The summed E-state index contributed by atoms with van der Waals surface area (Å²) in [6.45, 7) is 2.30. The minimum absolute atomic E-state index is 0.129. The predicted octanol–water partition coefficient (Wildman–Crippen LogP) is 3.37. The van der Waals surface area contributed by atoms with Crippen LogP contribution >= 0.6 is 11.3 Å². The highest BCUT2D eigenvalue weighted by Crippen LogP contribution is 2.39. The van der Waals surface area contributed by atoms with Crippen LogP contribution in [0.5, 0.6) is 0 Å². The van der Waals surface area contributed by atoms with E-state index >= 15 is 0 Å². The molecule has 0 amide bonds. The van der Waals surface area contributed by atoms with Crippen molar-refractivity contribution in [3.05, 3.63) is 34.9 Å². The molecule has 0 spiro atoms. The lowest BCUT2D eigenvalue weighted by Crippen LogP contribution is -2.55. The van der Waals surface area contributed by atoms with Crippen molar-refractivity contribution in [3.8, 4) is 5.69 Å². The Morgan fingerprint density at radius 2 is 2.09 bits per heavy atom. The van der Waals surface area contributed by atoms with E-state index in [1.54, 1.807) is 19.1 Å². The van der Waals surface area contributed by atoms with E-state index in [9.17, 15) is 27.8 Å². The van der Waals surface area contributed by atoms with Crippen molar-refractivity contribution in [2.24, 2.45) is 10.3 Å². The summed E-state index contributed by atoms with van der Waals surface area (Å²) in [4.78, 5) is 4.33. The fourth-order valence-corrected chi connectivity index (χ4v) is 5.01. The third-order valence-corrected chi connectivity index (χ3v) is 6.55. The molecule has 3 heterocycles. The number of ether oxygens (including phenoxy) is 1. The van der Waals surface area contributed by atoms with E-state index in [1.807, 2.05) is 0 Å². The molecule has 2 aromatic heterocycles.